The Morgan fingerprint density at radius 2 is 2.22 bits per heavy atom. The molecule has 0 aliphatic carbocycles. The summed E-state index contributed by atoms with van der Waals surface area (Å²) in [5, 5.41) is 11.9. The molecule has 1 aliphatic rings. The van der Waals surface area contributed by atoms with E-state index in [0.717, 1.165) is 25.1 Å². The van der Waals surface area contributed by atoms with E-state index in [-0.39, 0.29) is 11.9 Å². The van der Waals surface area contributed by atoms with Crippen molar-refractivity contribution in [1.29, 1.82) is 5.26 Å². The van der Waals surface area contributed by atoms with E-state index < -0.39 is 0 Å². The van der Waals surface area contributed by atoms with Gasteiger partial charge < -0.3 is 10.2 Å². The third-order valence-corrected chi connectivity index (χ3v) is 3.14. The molecule has 0 unspecified atom stereocenters. The number of nitrogens with one attached hydrogen (secondary N) is 1. The fourth-order valence-corrected chi connectivity index (χ4v) is 2.22. The van der Waals surface area contributed by atoms with Gasteiger partial charge in [-0.15, -0.1) is 0 Å². The first-order valence-electron chi connectivity index (χ1n) is 6.29. The van der Waals surface area contributed by atoms with Crippen molar-refractivity contribution in [2.24, 2.45) is 0 Å². The molecule has 1 amide bonds. The Balaban J connectivity index is 2.14. The Hall–Kier alpha value is -1.86. The van der Waals surface area contributed by atoms with E-state index in [9.17, 15) is 4.79 Å². The summed E-state index contributed by atoms with van der Waals surface area (Å²) in [5.41, 5.74) is 0.867. The van der Waals surface area contributed by atoms with Crippen LogP contribution in [0.25, 0.3) is 0 Å². The Morgan fingerprint density at radius 3 is 2.83 bits per heavy atom. The maximum atomic E-state index is 12.4. The summed E-state index contributed by atoms with van der Waals surface area (Å²) < 4.78 is 0. The number of nitriles is 1. The van der Waals surface area contributed by atoms with Gasteiger partial charge >= 0.3 is 0 Å². The lowest BCUT2D eigenvalue weighted by Crippen LogP contribution is -2.44. The normalized spacial score (nSPS) is 18.3. The molecule has 1 aromatic carbocycles. The first-order chi connectivity index (χ1) is 8.83. The molecule has 0 aromatic heterocycles. The molecule has 1 aromatic rings. The molecular weight excluding hydrogens is 226 g/mol. The smallest absolute Gasteiger partial charge is 0.244 e. The van der Waals surface area contributed by atoms with Crippen LogP contribution >= 0.6 is 0 Å². The number of amides is 1. The SMILES string of the molecule is N#CCCN(C(=O)[C@H]1CCCN1)c1ccccc1. The maximum Gasteiger partial charge on any atom is 0.244 e. The molecule has 1 saturated heterocycles. The molecule has 1 fully saturated rings. The summed E-state index contributed by atoms with van der Waals surface area (Å²) in [7, 11) is 0. The number of anilines is 1. The molecule has 4 heteroatoms. The van der Waals surface area contributed by atoms with Crippen LogP contribution in [0.3, 0.4) is 0 Å². The highest BCUT2D eigenvalue weighted by molar-refractivity contribution is 5.97. The fraction of sp³-hybridized carbons (Fsp3) is 0.429. The van der Waals surface area contributed by atoms with Crippen LogP contribution < -0.4 is 10.2 Å². The summed E-state index contributed by atoms with van der Waals surface area (Å²) >= 11 is 0. The minimum atomic E-state index is -0.0936. The summed E-state index contributed by atoms with van der Waals surface area (Å²) in [6, 6.07) is 11.6. The van der Waals surface area contributed by atoms with Crippen LogP contribution in [0.15, 0.2) is 30.3 Å². The molecule has 0 radical (unpaired) electrons. The van der Waals surface area contributed by atoms with Gasteiger partial charge in [0.05, 0.1) is 18.5 Å². The van der Waals surface area contributed by atoms with Crippen LogP contribution in [0.2, 0.25) is 0 Å². The zero-order valence-corrected chi connectivity index (χ0v) is 10.3. The molecule has 0 saturated carbocycles. The number of benzene rings is 1. The van der Waals surface area contributed by atoms with Crippen LogP contribution in [0.5, 0.6) is 0 Å². The molecular formula is C14H17N3O. The van der Waals surface area contributed by atoms with Gasteiger partial charge in [0.1, 0.15) is 0 Å². The van der Waals surface area contributed by atoms with Gasteiger partial charge in [0, 0.05) is 12.2 Å². The van der Waals surface area contributed by atoms with Crippen molar-refractivity contribution < 1.29 is 4.79 Å². The third-order valence-electron chi connectivity index (χ3n) is 3.14. The van der Waals surface area contributed by atoms with Crippen molar-refractivity contribution in [2.45, 2.75) is 25.3 Å². The predicted molar refractivity (Wildman–Crippen MR) is 70.0 cm³/mol. The lowest BCUT2D eigenvalue weighted by Gasteiger charge is -2.25. The molecule has 2 rings (SSSR count). The standard InChI is InChI=1S/C14H17N3O/c15-9-5-11-17(12-6-2-1-3-7-12)14(18)13-8-4-10-16-13/h1-3,6-7,13,16H,4-5,8,10-11H2/t13-/m1/s1. The highest BCUT2D eigenvalue weighted by Crippen LogP contribution is 2.17. The zero-order valence-electron chi connectivity index (χ0n) is 10.3. The van der Waals surface area contributed by atoms with Crippen molar-refractivity contribution in [1.82, 2.24) is 5.32 Å². The number of carbonyl (C=O) groups is 1. The molecule has 4 nitrogen and oxygen atoms in total. The monoisotopic (exact) mass is 243 g/mol. The quantitative estimate of drug-likeness (QED) is 0.875. The van der Waals surface area contributed by atoms with Crippen molar-refractivity contribution in [2.75, 3.05) is 18.0 Å². The van der Waals surface area contributed by atoms with Crippen molar-refractivity contribution in [3.63, 3.8) is 0 Å². The number of rotatable bonds is 4. The number of hydrogen-bond donors (Lipinski definition) is 1. The van der Waals surface area contributed by atoms with Crippen molar-refractivity contribution >= 4 is 11.6 Å². The highest BCUT2D eigenvalue weighted by Gasteiger charge is 2.27. The van der Waals surface area contributed by atoms with Crippen LogP contribution in [0.4, 0.5) is 5.69 Å². The maximum absolute atomic E-state index is 12.4. The molecule has 1 heterocycles. The Morgan fingerprint density at radius 1 is 1.44 bits per heavy atom. The lowest BCUT2D eigenvalue weighted by atomic mass is 10.1. The van der Waals surface area contributed by atoms with E-state index in [1.54, 1.807) is 4.90 Å². The van der Waals surface area contributed by atoms with E-state index in [4.69, 9.17) is 5.26 Å². The average Bonchev–Trinajstić information content (AvgIpc) is 2.94. The van der Waals surface area contributed by atoms with Gasteiger partial charge in [0.2, 0.25) is 5.91 Å². The zero-order chi connectivity index (χ0) is 12.8. The largest absolute Gasteiger partial charge is 0.310 e. The van der Waals surface area contributed by atoms with E-state index in [2.05, 4.69) is 11.4 Å². The van der Waals surface area contributed by atoms with Crippen LogP contribution in [-0.2, 0) is 4.79 Å². The van der Waals surface area contributed by atoms with E-state index in [1.165, 1.54) is 0 Å². The second-order valence-electron chi connectivity index (χ2n) is 4.38. The second-order valence-corrected chi connectivity index (χ2v) is 4.38. The summed E-state index contributed by atoms with van der Waals surface area (Å²) in [6.07, 6.45) is 2.28. The first-order valence-corrected chi connectivity index (χ1v) is 6.29. The van der Waals surface area contributed by atoms with E-state index in [1.807, 2.05) is 30.3 Å². The number of para-hydroxylation sites is 1. The fourth-order valence-electron chi connectivity index (χ4n) is 2.22. The minimum Gasteiger partial charge on any atom is -0.310 e. The molecule has 1 atom stereocenters. The molecule has 1 N–H and O–H groups in total. The molecule has 18 heavy (non-hydrogen) atoms. The number of carbonyl (C=O) groups excluding carboxylic acids is 1. The molecule has 94 valence electrons. The van der Waals surface area contributed by atoms with Crippen LogP contribution in [0.1, 0.15) is 19.3 Å². The minimum absolute atomic E-state index is 0.0777. The van der Waals surface area contributed by atoms with Gasteiger partial charge in [-0.3, -0.25) is 4.79 Å². The number of hydrogen-bond acceptors (Lipinski definition) is 3. The van der Waals surface area contributed by atoms with Gasteiger partial charge in [-0.1, -0.05) is 18.2 Å². The lowest BCUT2D eigenvalue weighted by molar-refractivity contribution is -0.120. The van der Waals surface area contributed by atoms with Crippen molar-refractivity contribution in [3.8, 4) is 6.07 Å². The summed E-state index contributed by atoms with van der Waals surface area (Å²) in [4.78, 5) is 14.1. The summed E-state index contributed by atoms with van der Waals surface area (Å²) in [6.45, 7) is 1.36. The van der Waals surface area contributed by atoms with Gasteiger partial charge in [-0.05, 0) is 31.5 Å². The molecule has 1 aliphatic heterocycles. The van der Waals surface area contributed by atoms with Gasteiger partial charge in [-0.25, -0.2) is 0 Å². The third kappa shape index (κ3) is 2.88. The van der Waals surface area contributed by atoms with Crippen LogP contribution in [-0.4, -0.2) is 25.0 Å². The molecule has 0 bridgehead atoms. The second kappa shape index (κ2) is 6.18. The Bertz CT molecular complexity index is 432. The topological polar surface area (TPSA) is 56.1 Å². The van der Waals surface area contributed by atoms with Gasteiger partial charge in [-0.2, -0.15) is 5.26 Å². The predicted octanol–water partition coefficient (Wildman–Crippen LogP) is 1.69. The first kappa shape index (κ1) is 12.6. The molecule has 0 spiro atoms. The highest BCUT2D eigenvalue weighted by atomic mass is 16.2. The van der Waals surface area contributed by atoms with Crippen LogP contribution in [0, 0.1) is 11.3 Å². The Labute approximate surface area is 107 Å². The average molecular weight is 243 g/mol. The number of nitrogens with zero attached hydrogens (tertiary/aromatic N) is 2. The Kier molecular flexibility index (Phi) is 4.32. The van der Waals surface area contributed by atoms with Gasteiger partial charge in [0.15, 0.2) is 0 Å². The van der Waals surface area contributed by atoms with E-state index in [0.29, 0.717) is 13.0 Å². The van der Waals surface area contributed by atoms with Gasteiger partial charge in [0.25, 0.3) is 0 Å². The summed E-state index contributed by atoms with van der Waals surface area (Å²) in [5.74, 6) is 0.0777. The van der Waals surface area contributed by atoms with E-state index >= 15 is 0 Å². The van der Waals surface area contributed by atoms with Crippen molar-refractivity contribution in [3.05, 3.63) is 30.3 Å².